The number of halogens is 1. The fraction of sp³-hybridized carbons (Fsp3) is 0.273. The van der Waals surface area contributed by atoms with Crippen molar-refractivity contribution in [1.29, 1.82) is 0 Å². The van der Waals surface area contributed by atoms with Crippen LogP contribution in [0.2, 0.25) is 0 Å². The SMILES string of the molecule is CC(=O)Oc1cc(C)c(S(=O)(=O)Cl)cc1OC(C)=O. The zero-order chi connectivity index (χ0) is 14.8. The minimum Gasteiger partial charge on any atom is -0.423 e. The number of aryl methyl sites for hydroxylation is 1. The molecule has 6 nitrogen and oxygen atoms in total. The largest absolute Gasteiger partial charge is 0.423 e. The predicted molar refractivity (Wildman–Crippen MR) is 66.8 cm³/mol. The number of hydrogen-bond acceptors (Lipinski definition) is 6. The Balaban J connectivity index is 3.44. The molecule has 0 heterocycles. The Hall–Kier alpha value is -1.60. The van der Waals surface area contributed by atoms with E-state index >= 15 is 0 Å². The first-order valence-corrected chi connectivity index (χ1v) is 7.38. The van der Waals surface area contributed by atoms with Crippen molar-refractivity contribution >= 4 is 31.7 Å². The lowest BCUT2D eigenvalue weighted by Gasteiger charge is -2.11. The summed E-state index contributed by atoms with van der Waals surface area (Å²) >= 11 is 0. The van der Waals surface area contributed by atoms with Crippen molar-refractivity contribution < 1.29 is 27.5 Å². The van der Waals surface area contributed by atoms with Crippen LogP contribution in [0.1, 0.15) is 19.4 Å². The Morgan fingerprint density at radius 1 is 1.05 bits per heavy atom. The molecule has 0 bridgehead atoms. The molecule has 0 unspecified atom stereocenters. The minimum atomic E-state index is -4.00. The Morgan fingerprint density at radius 3 is 1.84 bits per heavy atom. The highest BCUT2D eigenvalue weighted by Gasteiger charge is 2.20. The van der Waals surface area contributed by atoms with Crippen LogP contribution < -0.4 is 9.47 Å². The van der Waals surface area contributed by atoms with Gasteiger partial charge in [0.05, 0.1) is 4.90 Å². The van der Waals surface area contributed by atoms with E-state index in [1.165, 1.54) is 19.9 Å². The van der Waals surface area contributed by atoms with E-state index in [-0.39, 0.29) is 22.0 Å². The van der Waals surface area contributed by atoms with Gasteiger partial charge in [0.15, 0.2) is 11.5 Å². The van der Waals surface area contributed by atoms with Crippen molar-refractivity contribution in [2.24, 2.45) is 0 Å². The number of carbonyl (C=O) groups is 2. The number of carbonyl (C=O) groups excluding carboxylic acids is 2. The van der Waals surface area contributed by atoms with Gasteiger partial charge in [-0.25, -0.2) is 8.42 Å². The van der Waals surface area contributed by atoms with Gasteiger partial charge in [0, 0.05) is 30.6 Å². The van der Waals surface area contributed by atoms with Gasteiger partial charge in [-0.2, -0.15) is 0 Å². The summed E-state index contributed by atoms with van der Waals surface area (Å²) in [5, 5.41) is 0. The maximum absolute atomic E-state index is 11.3. The highest BCUT2D eigenvalue weighted by Crippen LogP contribution is 2.34. The summed E-state index contributed by atoms with van der Waals surface area (Å²) < 4.78 is 32.3. The van der Waals surface area contributed by atoms with Gasteiger partial charge in [0.25, 0.3) is 9.05 Å². The van der Waals surface area contributed by atoms with Crippen molar-refractivity contribution in [3.05, 3.63) is 17.7 Å². The van der Waals surface area contributed by atoms with Gasteiger partial charge >= 0.3 is 11.9 Å². The molecule has 0 fully saturated rings. The number of benzene rings is 1. The molecule has 0 saturated heterocycles. The number of rotatable bonds is 3. The van der Waals surface area contributed by atoms with Crippen LogP contribution in [0.3, 0.4) is 0 Å². The molecule has 0 aliphatic rings. The Bertz CT molecular complexity index is 635. The number of esters is 2. The Kier molecular flexibility index (Phi) is 4.54. The zero-order valence-electron chi connectivity index (χ0n) is 10.4. The quantitative estimate of drug-likeness (QED) is 0.480. The van der Waals surface area contributed by atoms with Crippen LogP contribution in [0.4, 0.5) is 0 Å². The highest BCUT2D eigenvalue weighted by atomic mass is 35.7. The smallest absolute Gasteiger partial charge is 0.308 e. The van der Waals surface area contributed by atoms with Crippen LogP contribution in [-0.2, 0) is 18.6 Å². The fourth-order valence-electron chi connectivity index (χ4n) is 1.37. The van der Waals surface area contributed by atoms with E-state index < -0.39 is 21.0 Å². The van der Waals surface area contributed by atoms with Gasteiger partial charge in [-0.05, 0) is 18.6 Å². The van der Waals surface area contributed by atoms with Gasteiger partial charge in [-0.15, -0.1) is 0 Å². The van der Waals surface area contributed by atoms with E-state index in [0.29, 0.717) is 0 Å². The third-order valence-corrected chi connectivity index (χ3v) is 3.48. The third-order valence-electron chi connectivity index (χ3n) is 2.01. The zero-order valence-corrected chi connectivity index (χ0v) is 12.0. The Labute approximate surface area is 114 Å². The van der Waals surface area contributed by atoms with Crippen LogP contribution in [0.25, 0.3) is 0 Å². The van der Waals surface area contributed by atoms with Crippen molar-refractivity contribution in [2.75, 3.05) is 0 Å². The van der Waals surface area contributed by atoms with E-state index in [1.54, 1.807) is 0 Å². The normalized spacial score (nSPS) is 10.9. The molecular formula is C11H11ClO6S. The second-order valence-electron chi connectivity index (χ2n) is 3.69. The lowest BCUT2D eigenvalue weighted by Crippen LogP contribution is -2.08. The van der Waals surface area contributed by atoms with Gasteiger partial charge in [-0.1, -0.05) is 0 Å². The van der Waals surface area contributed by atoms with Crippen LogP contribution in [-0.4, -0.2) is 20.4 Å². The lowest BCUT2D eigenvalue weighted by molar-refractivity contribution is -0.134. The molecule has 0 aliphatic heterocycles. The maximum atomic E-state index is 11.3. The molecule has 1 aromatic carbocycles. The fourth-order valence-corrected chi connectivity index (χ4v) is 2.56. The average molecular weight is 307 g/mol. The first kappa shape index (κ1) is 15.5. The van der Waals surface area contributed by atoms with Gasteiger partial charge in [0.2, 0.25) is 0 Å². The van der Waals surface area contributed by atoms with E-state index in [4.69, 9.17) is 20.2 Å². The van der Waals surface area contributed by atoms with E-state index in [2.05, 4.69) is 0 Å². The molecule has 19 heavy (non-hydrogen) atoms. The van der Waals surface area contributed by atoms with Crippen LogP contribution >= 0.6 is 10.7 Å². The standard InChI is InChI=1S/C11H11ClO6S/c1-6-4-9(17-7(2)13)10(18-8(3)14)5-11(6)19(12,15)16/h4-5H,1-3H3. The summed E-state index contributed by atoms with van der Waals surface area (Å²) in [6.45, 7) is 3.77. The van der Waals surface area contributed by atoms with Gasteiger partial charge in [0.1, 0.15) is 0 Å². The molecule has 104 valence electrons. The number of ether oxygens (including phenoxy) is 2. The molecule has 0 atom stereocenters. The molecule has 0 saturated carbocycles. The van der Waals surface area contributed by atoms with Crippen molar-refractivity contribution in [3.8, 4) is 11.5 Å². The summed E-state index contributed by atoms with van der Waals surface area (Å²) in [5.74, 6) is -1.55. The molecule has 0 N–H and O–H groups in total. The molecular weight excluding hydrogens is 296 g/mol. The molecule has 0 aliphatic carbocycles. The average Bonchev–Trinajstić information content (AvgIpc) is 2.18. The van der Waals surface area contributed by atoms with Crippen LogP contribution in [0.15, 0.2) is 17.0 Å². The summed E-state index contributed by atoms with van der Waals surface area (Å²) in [4.78, 5) is 21.7. The Morgan fingerprint density at radius 2 is 1.47 bits per heavy atom. The number of hydrogen-bond donors (Lipinski definition) is 0. The molecule has 0 radical (unpaired) electrons. The van der Waals surface area contributed by atoms with Crippen molar-refractivity contribution in [3.63, 3.8) is 0 Å². The van der Waals surface area contributed by atoms with E-state index in [1.807, 2.05) is 0 Å². The molecule has 0 aromatic heterocycles. The lowest BCUT2D eigenvalue weighted by atomic mass is 10.2. The molecule has 0 spiro atoms. The summed E-state index contributed by atoms with van der Waals surface area (Å²) in [6.07, 6.45) is 0. The highest BCUT2D eigenvalue weighted by molar-refractivity contribution is 8.13. The van der Waals surface area contributed by atoms with Gasteiger partial charge in [-0.3, -0.25) is 9.59 Å². The maximum Gasteiger partial charge on any atom is 0.308 e. The topological polar surface area (TPSA) is 86.7 Å². The monoisotopic (exact) mass is 306 g/mol. The molecule has 0 amide bonds. The predicted octanol–water partition coefficient (Wildman–Crippen LogP) is 1.77. The first-order chi connectivity index (χ1) is 8.61. The van der Waals surface area contributed by atoms with Crippen LogP contribution in [0, 0.1) is 6.92 Å². The van der Waals surface area contributed by atoms with E-state index in [0.717, 1.165) is 13.0 Å². The summed E-state index contributed by atoms with van der Waals surface area (Å²) in [7, 11) is 1.26. The van der Waals surface area contributed by atoms with Crippen LogP contribution in [0.5, 0.6) is 11.5 Å². The summed E-state index contributed by atoms with van der Waals surface area (Å²) in [5.41, 5.74) is 0.266. The van der Waals surface area contributed by atoms with E-state index in [9.17, 15) is 18.0 Å². The summed E-state index contributed by atoms with van der Waals surface area (Å²) in [6, 6.07) is 2.30. The third kappa shape index (κ3) is 4.22. The second-order valence-corrected chi connectivity index (χ2v) is 6.22. The minimum absolute atomic E-state index is 0.0516. The van der Waals surface area contributed by atoms with Crippen molar-refractivity contribution in [1.82, 2.24) is 0 Å². The van der Waals surface area contributed by atoms with Crippen molar-refractivity contribution in [2.45, 2.75) is 25.7 Å². The second kappa shape index (κ2) is 5.58. The first-order valence-electron chi connectivity index (χ1n) is 5.07. The van der Waals surface area contributed by atoms with Gasteiger partial charge < -0.3 is 9.47 Å². The molecule has 8 heteroatoms. The molecule has 1 aromatic rings. The molecule has 1 rings (SSSR count).